The number of halogens is 2. The van der Waals surface area contributed by atoms with Crippen molar-refractivity contribution in [1.82, 2.24) is 0 Å². The van der Waals surface area contributed by atoms with Gasteiger partial charge >= 0.3 is 11.9 Å². The van der Waals surface area contributed by atoms with Gasteiger partial charge in [0, 0.05) is 15.6 Å². The van der Waals surface area contributed by atoms with Crippen LogP contribution in [0.1, 0.15) is 15.9 Å². The third-order valence-electron chi connectivity index (χ3n) is 2.97. The zero-order chi connectivity index (χ0) is 18.4. The van der Waals surface area contributed by atoms with Crippen LogP contribution in [0.4, 0.5) is 0 Å². The quantitative estimate of drug-likeness (QED) is 0.709. The summed E-state index contributed by atoms with van der Waals surface area (Å²) in [6.07, 6.45) is 2.57. The maximum Gasteiger partial charge on any atom is 0.335 e. The van der Waals surface area contributed by atoms with Crippen LogP contribution >= 0.6 is 27.5 Å². The Morgan fingerprint density at radius 1 is 1.12 bits per heavy atom. The molecule has 0 unspecified atom stereocenters. The molecule has 25 heavy (non-hydrogen) atoms. The summed E-state index contributed by atoms with van der Waals surface area (Å²) >= 11 is 8.85. The van der Waals surface area contributed by atoms with Gasteiger partial charge in [0.05, 0.1) is 5.56 Å². The van der Waals surface area contributed by atoms with E-state index in [0.717, 1.165) is 16.1 Å². The highest BCUT2D eigenvalue weighted by molar-refractivity contribution is 9.10. The highest BCUT2D eigenvalue weighted by atomic mass is 79.9. The number of carbonyl (C=O) groups is 2. The fourth-order valence-electron chi connectivity index (χ4n) is 1.84. The average Bonchev–Trinajstić information content (AvgIpc) is 3.00. The summed E-state index contributed by atoms with van der Waals surface area (Å²) in [5, 5.41) is 17.4. The van der Waals surface area contributed by atoms with Crippen LogP contribution < -0.4 is 9.47 Å². The second kappa shape index (κ2) is 8.55. The molecule has 2 N–H and O–H groups in total. The van der Waals surface area contributed by atoms with E-state index in [2.05, 4.69) is 15.9 Å². The smallest absolute Gasteiger partial charge is 0.335 e. The highest BCUT2D eigenvalue weighted by Crippen LogP contribution is 2.37. The SMILES string of the molecule is O=C(O)C=Cc1cc2c(cc1Br)OCO2.O=C(O)c1cccc(Cl)c1. The number of rotatable bonds is 3. The van der Waals surface area contributed by atoms with E-state index in [9.17, 15) is 9.59 Å². The Hall–Kier alpha value is -2.51. The lowest BCUT2D eigenvalue weighted by Gasteiger charge is -2.01. The summed E-state index contributed by atoms with van der Waals surface area (Å²) in [6, 6.07) is 9.62. The molecule has 0 aromatic heterocycles. The molecule has 130 valence electrons. The Morgan fingerprint density at radius 2 is 1.80 bits per heavy atom. The van der Waals surface area contributed by atoms with E-state index >= 15 is 0 Å². The van der Waals surface area contributed by atoms with Crippen molar-refractivity contribution in [3.8, 4) is 11.5 Å². The predicted octanol–water partition coefficient (Wildman–Crippen LogP) is 4.31. The largest absolute Gasteiger partial charge is 0.478 e. The van der Waals surface area contributed by atoms with E-state index in [0.29, 0.717) is 16.5 Å². The Balaban J connectivity index is 0.000000196. The van der Waals surface area contributed by atoms with Gasteiger partial charge in [-0.2, -0.15) is 0 Å². The number of fused-ring (bicyclic) bond motifs is 1. The molecule has 0 saturated carbocycles. The number of carboxylic acid groups (broad SMARTS) is 2. The molecular formula is C17H12BrClO6. The summed E-state index contributed by atoms with van der Waals surface area (Å²) in [7, 11) is 0. The lowest BCUT2D eigenvalue weighted by molar-refractivity contribution is -0.131. The van der Waals surface area contributed by atoms with Gasteiger partial charge in [0.15, 0.2) is 11.5 Å². The molecule has 3 rings (SSSR count). The molecule has 1 aliphatic rings. The van der Waals surface area contributed by atoms with E-state index in [1.165, 1.54) is 18.2 Å². The highest BCUT2D eigenvalue weighted by Gasteiger charge is 2.15. The van der Waals surface area contributed by atoms with Crippen molar-refractivity contribution in [2.24, 2.45) is 0 Å². The minimum absolute atomic E-state index is 0.202. The molecule has 1 heterocycles. The Labute approximate surface area is 156 Å². The van der Waals surface area contributed by atoms with Crippen LogP contribution in [0, 0.1) is 0 Å². The van der Waals surface area contributed by atoms with Crippen LogP contribution in [0.25, 0.3) is 6.08 Å². The molecule has 2 aromatic carbocycles. The van der Waals surface area contributed by atoms with Gasteiger partial charge in [0.25, 0.3) is 0 Å². The first-order valence-corrected chi connectivity index (χ1v) is 8.03. The van der Waals surface area contributed by atoms with E-state index in [1.807, 2.05) is 0 Å². The maximum absolute atomic E-state index is 10.4. The number of carboxylic acids is 2. The number of ether oxygens (including phenoxy) is 2. The van der Waals surface area contributed by atoms with Gasteiger partial charge in [0.2, 0.25) is 6.79 Å². The maximum atomic E-state index is 10.4. The van der Waals surface area contributed by atoms with E-state index in [-0.39, 0.29) is 12.4 Å². The Kier molecular flexibility index (Phi) is 6.44. The van der Waals surface area contributed by atoms with Crippen molar-refractivity contribution in [1.29, 1.82) is 0 Å². The van der Waals surface area contributed by atoms with Crippen LogP contribution in [0.3, 0.4) is 0 Å². The molecule has 0 amide bonds. The van der Waals surface area contributed by atoms with Crippen LogP contribution in [-0.2, 0) is 4.79 Å². The third kappa shape index (κ3) is 5.51. The first-order chi connectivity index (χ1) is 11.9. The molecule has 8 heteroatoms. The molecular weight excluding hydrogens is 416 g/mol. The van der Waals surface area contributed by atoms with Crippen LogP contribution in [0.5, 0.6) is 11.5 Å². The molecule has 1 aliphatic heterocycles. The lowest BCUT2D eigenvalue weighted by atomic mass is 10.2. The summed E-state index contributed by atoms with van der Waals surface area (Å²) in [4.78, 5) is 20.7. The summed E-state index contributed by atoms with van der Waals surface area (Å²) in [5.41, 5.74) is 0.953. The lowest BCUT2D eigenvalue weighted by Crippen LogP contribution is -1.94. The Bertz CT molecular complexity index is 834. The van der Waals surface area contributed by atoms with Crippen LogP contribution in [-0.4, -0.2) is 28.9 Å². The third-order valence-corrected chi connectivity index (χ3v) is 3.89. The zero-order valence-electron chi connectivity index (χ0n) is 12.6. The average molecular weight is 428 g/mol. The van der Waals surface area contributed by atoms with Gasteiger partial charge in [-0.05, 0) is 42.0 Å². The van der Waals surface area contributed by atoms with E-state index < -0.39 is 11.9 Å². The molecule has 0 fully saturated rings. The fourth-order valence-corrected chi connectivity index (χ4v) is 2.49. The van der Waals surface area contributed by atoms with Crippen molar-refractivity contribution in [3.05, 3.63) is 63.1 Å². The van der Waals surface area contributed by atoms with E-state index in [1.54, 1.807) is 24.3 Å². The molecule has 0 radical (unpaired) electrons. The second-order valence-electron chi connectivity index (χ2n) is 4.71. The number of aromatic carboxylic acids is 1. The molecule has 0 spiro atoms. The predicted molar refractivity (Wildman–Crippen MR) is 95.3 cm³/mol. The topological polar surface area (TPSA) is 93.1 Å². The van der Waals surface area contributed by atoms with Crippen molar-refractivity contribution < 1.29 is 29.3 Å². The number of benzene rings is 2. The van der Waals surface area contributed by atoms with Crippen molar-refractivity contribution in [3.63, 3.8) is 0 Å². The van der Waals surface area contributed by atoms with Crippen molar-refractivity contribution in [2.45, 2.75) is 0 Å². The first kappa shape index (κ1) is 18.8. The van der Waals surface area contributed by atoms with Crippen LogP contribution in [0.2, 0.25) is 5.02 Å². The summed E-state index contributed by atoms with van der Waals surface area (Å²) in [6.45, 7) is 0.202. The van der Waals surface area contributed by atoms with Gasteiger partial charge in [-0.1, -0.05) is 33.6 Å². The first-order valence-electron chi connectivity index (χ1n) is 6.86. The molecule has 0 atom stereocenters. The summed E-state index contributed by atoms with van der Waals surface area (Å²) in [5.74, 6) is -0.653. The molecule has 0 saturated heterocycles. The zero-order valence-corrected chi connectivity index (χ0v) is 15.0. The normalized spacial score (nSPS) is 11.8. The minimum atomic E-state index is -0.987. The van der Waals surface area contributed by atoms with Gasteiger partial charge < -0.3 is 19.7 Å². The number of hydrogen-bond donors (Lipinski definition) is 2. The molecule has 0 aliphatic carbocycles. The monoisotopic (exact) mass is 426 g/mol. The van der Waals surface area contributed by atoms with Gasteiger partial charge in [-0.25, -0.2) is 9.59 Å². The van der Waals surface area contributed by atoms with Gasteiger partial charge in [0.1, 0.15) is 0 Å². The van der Waals surface area contributed by atoms with E-state index in [4.69, 9.17) is 31.3 Å². The minimum Gasteiger partial charge on any atom is -0.478 e. The second-order valence-corrected chi connectivity index (χ2v) is 6.00. The molecule has 6 nitrogen and oxygen atoms in total. The molecule has 2 aromatic rings. The number of aliphatic carboxylic acids is 1. The number of hydrogen-bond acceptors (Lipinski definition) is 4. The fraction of sp³-hybridized carbons (Fsp3) is 0.0588. The van der Waals surface area contributed by atoms with Gasteiger partial charge in [-0.15, -0.1) is 0 Å². The van der Waals surface area contributed by atoms with Crippen LogP contribution in [0.15, 0.2) is 46.9 Å². The van der Waals surface area contributed by atoms with Crippen molar-refractivity contribution >= 4 is 45.5 Å². The Morgan fingerprint density at radius 3 is 2.36 bits per heavy atom. The summed E-state index contributed by atoms with van der Waals surface area (Å²) < 4.78 is 11.1. The van der Waals surface area contributed by atoms with Crippen molar-refractivity contribution in [2.75, 3.05) is 6.79 Å². The molecule has 0 bridgehead atoms. The van der Waals surface area contributed by atoms with Gasteiger partial charge in [-0.3, -0.25) is 0 Å². The standard InChI is InChI=1S/C10H7BrO4.C7H5ClO2/c11-7-4-9-8(14-5-15-9)3-6(7)1-2-10(12)13;8-6-3-1-2-5(4-6)7(9)10/h1-4H,5H2,(H,12,13);1-4H,(H,9,10).